The van der Waals surface area contributed by atoms with Crippen molar-refractivity contribution in [1.29, 1.82) is 0 Å². The van der Waals surface area contributed by atoms with E-state index in [9.17, 15) is 26.1 Å². The van der Waals surface area contributed by atoms with Crippen LogP contribution >= 0.6 is 7.92 Å². The van der Waals surface area contributed by atoms with E-state index in [1.165, 1.54) is 30.3 Å². The predicted octanol–water partition coefficient (Wildman–Crippen LogP) is 0.827. The second kappa shape index (κ2) is 9.08. The molecule has 0 aliphatic rings. The molecule has 0 aliphatic carbocycles. The van der Waals surface area contributed by atoms with Gasteiger partial charge in [-0.1, -0.05) is 54.6 Å². The minimum absolute atomic E-state index is 0. The van der Waals surface area contributed by atoms with Crippen LogP contribution in [0, 0.1) is 0 Å². The maximum atomic E-state index is 12.9. The van der Waals surface area contributed by atoms with Crippen molar-refractivity contribution in [2.45, 2.75) is 11.1 Å². The summed E-state index contributed by atoms with van der Waals surface area (Å²) in [7, 11) is -5.69. The minimum atomic E-state index is -4.43. The molecule has 0 bridgehead atoms. The van der Waals surface area contributed by atoms with Crippen LogP contribution in [-0.2, 0) is 16.3 Å². The van der Waals surface area contributed by atoms with Gasteiger partial charge in [-0.3, -0.25) is 4.55 Å². The topological polar surface area (TPSA) is 54.4 Å². The van der Waals surface area contributed by atoms with Crippen LogP contribution in [0.1, 0.15) is 6.99 Å². The van der Waals surface area contributed by atoms with Crippen molar-refractivity contribution in [1.82, 2.24) is 0 Å². The zero-order valence-corrected chi connectivity index (χ0v) is 18.5. The molecule has 1 unspecified atom stereocenters. The van der Waals surface area contributed by atoms with Crippen molar-refractivity contribution in [3.8, 4) is 0 Å². The molecule has 28 heavy (non-hydrogen) atoms. The van der Waals surface area contributed by atoms with Crippen molar-refractivity contribution in [3.05, 3.63) is 84.4 Å². The Labute approximate surface area is 185 Å². The number of halogens is 3. The summed E-state index contributed by atoms with van der Waals surface area (Å²) in [5, 5.41) is 2.09. The van der Waals surface area contributed by atoms with Crippen molar-refractivity contribution in [2.24, 2.45) is 0 Å². The molecule has 1 N–H and O–H groups in total. The molecular weight excluding hydrogens is 419 g/mol. The van der Waals surface area contributed by atoms with Crippen LogP contribution in [0.2, 0.25) is 0 Å². The van der Waals surface area contributed by atoms with E-state index in [0.29, 0.717) is 10.6 Å². The molecule has 3 nitrogen and oxygen atoms in total. The summed E-state index contributed by atoms with van der Waals surface area (Å²) >= 11 is 0. The largest absolute Gasteiger partial charge is 1.00 e. The number of alkyl halides is 3. The van der Waals surface area contributed by atoms with Crippen LogP contribution in [0.4, 0.5) is 13.2 Å². The molecule has 142 valence electrons. The van der Waals surface area contributed by atoms with Gasteiger partial charge < -0.3 is 1.43 Å². The fourth-order valence-corrected chi connectivity index (χ4v) is 5.54. The summed E-state index contributed by atoms with van der Waals surface area (Å²) < 4.78 is 70.8. The first-order chi connectivity index (χ1) is 12.7. The van der Waals surface area contributed by atoms with Gasteiger partial charge in [-0.25, -0.2) is 0 Å². The van der Waals surface area contributed by atoms with Gasteiger partial charge in [-0.05, 0) is 48.1 Å². The van der Waals surface area contributed by atoms with E-state index >= 15 is 0 Å². The SMILES string of the molecule is O=S(=O)(O)c1cccc(P(c2ccccc2)c2ccc(C(F)(F)F)cc2)c1.[H-].[Na+]. The van der Waals surface area contributed by atoms with Crippen LogP contribution in [0.15, 0.2) is 83.8 Å². The molecule has 0 aromatic heterocycles. The van der Waals surface area contributed by atoms with Crippen molar-refractivity contribution >= 4 is 34.0 Å². The molecule has 0 fully saturated rings. The molecule has 3 aromatic rings. The molecular formula is C19H15F3NaO3PS. The second-order valence-electron chi connectivity index (χ2n) is 5.69. The second-order valence-corrected chi connectivity index (χ2v) is 9.33. The Hall–Kier alpha value is -1.21. The van der Waals surface area contributed by atoms with Gasteiger partial charge in [0, 0.05) is 0 Å². The van der Waals surface area contributed by atoms with Crippen LogP contribution in [0.25, 0.3) is 0 Å². The average Bonchev–Trinajstić information content (AvgIpc) is 2.62. The normalized spacial score (nSPS) is 12.9. The van der Waals surface area contributed by atoms with Gasteiger partial charge in [-0.2, -0.15) is 21.6 Å². The Bertz CT molecular complexity index is 1050. The Morgan fingerprint density at radius 1 is 0.786 bits per heavy atom. The molecule has 0 amide bonds. The summed E-state index contributed by atoms with van der Waals surface area (Å²) in [6.45, 7) is 0. The summed E-state index contributed by atoms with van der Waals surface area (Å²) in [4.78, 5) is -0.254. The Kier molecular flexibility index (Phi) is 7.48. The van der Waals surface area contributed by atoms with Gasteiger partial charge >= 0.3 is 35.7 Å². The Morgan fingerprint density at radius 2 is 1.32 bits per heavy atom. The fourth-order valence-electron chi connectivity index (χ4n) is 2.61. The maximum Gasteiger partial charge on any atom is 1.00 e. The summed E-state index contributed by atoms with van der Waals surface area (Å²) in [5.41, 5.74) is -0.749. The first kappa shape index (κ1) is 23.1. The minimum Gasteiger partial charge on any atom is -1.00 e. The summed E-state index contributed by atoms with van der Waals surface area (Å²) in [5.74, 6) is 0. The molecule has 3 aromatic carbocycles. The maximum absolute atomic E-state index is 12.9. The molecule has 0 spiro atoms. The van der Waals surface area contributed by atoms with Gasteiger partial charge in [0.1, 0.15) is 0 Å². The number of hydrogen-bond donors (Lipinski definition) is 1. The third-order valence-corrected chi connectivity index (χ3v) is 7.11. The first-order valence-electron chi connectivity index (χ1n) is 7.76. The van der Waals surface area contributed by atoms with E-state index in [0.717, 1.165) is 17.4 Å². The molecule has 0 saturated heterocycles. The van der Waals surface area contributed by atoms with E-state index in [4.69, 9.17) is 0 Å². The zero-order chi connectivity index (χ0) is 19.7. The molecule has 0 heterocycles. The van der Waals surface area contributed by atoms with Gasteiger partial charge in [0.25, 0.3) is 10.1 Å². The zero-order valence-electron chi connectivity index (χ0n) is 15.8. The first-order valence-corrected chi connectivity index (χ1v) is 10.5. The monoisotopic (exact) mass is 434 g/mol. The van der Waals surface area contributed by atoms with Crippen LogP contribution in [-0.4, -0.2) is 13.0 Å². The molecule has 9 heteroatoms. The fraction of sp³-hybridized carbons (Fsp3) is 0.0526. The summed E-state index contributed by atoms with van der Waals surface area (Å²) in [6.07, 6.45) is -4.43. The summed E-state index contributed by atoms with van der Waals surface area (Å²) in [6, 6.07) is 19.8. The van der Waals surface area contributed by atoms with Crippen LogP contribution in [0.5, 0.6) is 0 Å². The molecule has 0 saturated carbocycles. The standard InChI is InChI=1S/C19H14F3O3PS.Na.H/c20-19(21,22)14-9-11-16(12-10-14)26(15-5-2-1-3-6-15)17-7-4-8-18(13-17)27(23,24)25;;/h1-13H,(H,23,24,25);;/q;+1;-1. The van der Waals surface area contributed by atoms with E-state index in [1.807, 2.05) is 18.2 Å². The number of benzene rings is 3. The van der Waals surface area contributed by atoms with Crippen LogP contribution in [0.3, 0.4) is 0 Å². The third-order valence-electron chi connectivity index (χ3n) is 3.84. The van der Waals surface area contributed by atoms with Gasteiger partial charge in [0.05, 0.1) is 10.5 Å². The predicted molar refractivity (Wildman–Crippen MR) is 101 cm³/mol. The van der Waals surface area contributed by atoms with Crippen molar-refractivity contribution in [2.75, 3.05) is 0 Å². The number of rotatable bonds is 4. The molecule has 3 rings (SSSR count). The van der Waals surface area contributed by atoms with Gasteiger partial charge in [0.2, 0.25) is 0 Å². The van der Waals surface area contributed by atoms with E-state index in [2.05, 4.69) is 0 Å². The van der Waals surface area contributed by atoms with E-state index in [1.54, 1.807) is 18.2 Å². The van der Waals surface area contributed by atoms with E-state index in [-0.39, 0.29) is 35.9 Å². The van der Waals surface area contributed by atoms with E-state index < -0.39 is 29.8 Å². The Morgan fingerprint density at radius 3 is 1.86 bits per heavy atom. The van der Waals surface area contributed by atoms with Crippen LogP contribution < -0.4 is 45.5 Å². The smallest absolute Gasteiger partial charge is 1.00 e. The van der Waals surface area contributed by atoms with Crippen molar-refractivity contribution < 1.29 is 57.1 Å². The average molecular weight is 434 g/mol. The number of hydrogen-bond acceptors (Lipinski definition) is 2. The molecule has 0 aliphatic heterocycles. The van der Waals surface area contributed by atoms with Gasteiger partial charge in [-0.15, -0.1) is 0 Å². The Balaban J connectivity index is 0.00000210. The van der Waals surface area contributed by atoms with Gasteiger partial charge in [0.15, 0.2) is 0 Å². The molecule has 0 radical (unpaired) electrons. The quantitative estimate of drug-likeness (QED) is 0.376. The molecule has 1 atom stereocenters. The van der Waals surface area contributed by atoms with Crippen molar-refractivity contribution in [3.63, 3.8) is 0 Å². The third kappa shape index (κ3) is 5.44.